The molecular formula is C22H18N6O4. The van der Waals surface area contributed by atoms with Gasteiger partial charge in [-0.05, 0) is 17.7 Å². The van der Waals surface area contributed by atoms with Gasteiger partial charge in [-0.2, -0.15) is 5.10 Å². The molecule has 4 aromatic heterocycles. The Morgan fingerprint density at radius 1 is 1.09 bits per heavy atom. The molecule has 0 atom stereocenters. The molecule has 0 aliphatic heterocycles. The Hall–Kier alpha value is -4.47. The average molecular weight is 430 g/mol. The Morgan fingerprint density at radius 2 is 1.97 bits per heavy atom. The summed E-state index contributed by atoms with van der Waals surface area (Å²) in [5.74, 6) is 0.471. The lowest BCUT2D eigenvalue weighted by atomic mass is 10.2. The van der Waals surface area contributed by atoms with Crippen molar-refractivity contribution in [2.45, 2.75) is 13.1 Å². The van der Waals surface area contributed by atoms with Gasteiger partial charge in [0.1, 0.15) is 11.7 Å². The maximum absolute atomic E-state index is 12.8. The number of carbonyl (C=O) groups is 1. The number of hydrogen-bond donors (Lipinski definition) is 1. The quantitative estimate of drug-likeness (QED) is 0.421. The third-order valence-corrected chi connectivity index (χ3v) is 4.93. The largest absolute Gasteiger partial charge is 0.461 e. The first-order valence-electron chi connectivity index (χ1n) is 9.93. The van der Waals surface area contributed by atoms with Crippen LogP contribution in [0.5, 0.6) is 0 Å². The lowest BCUT2D eigenvalue weighted by Crippen LogP contribution is -2.28. The molecule has 0 spiro atoms. The van der Waals surface area contributed by atoms with Crippen molar-refractivity contribution in [3.63, 3.8) is 0 Å². The molecule has 0 saturated heterocycles. The maximum Gasteiger partial charge on any atom is 0.273 e. The van der Waals surface area contributed by atoms with Crippen LogP contribution in [0.15, 0.2) is 81.1 Å². The first-order chi connectivity index (χ1) is 15.7. The van der Waals surface area contributed by atoms with Gasteiger partial charge in [-0.25, -0.2) is 9.67 Å². The van der Waals surface area contributed by atoms with E-state index in [4.69, 9.17) is 8.94 Å². The number of fused-ring (bicyclic) bond motifs is 1. The van der Waals surface area contributed by atoms with Crippen molar-refractivity contribution in [2.75, 3.05) is 6.54 Å². The molecule has 10 heteroatoms. The van der Waals surface area contributed by atoms with E-state index in [1.807, 2.05) is 30.3 Å². The van der Waals surface area contributed by atoms with Crippen LogP contribution in [0.2, 0.25) is 0 Å². The average Bonchev–Trinajstić information content (AvgIpc) is 3.57. The number of hydrogen-bond acceptors (Lipinski definition) is 7. The number of aromatic nitrogens is 5. The summed E-state index contributed by atoms with van der Waals surface area (Å²) in [7, 11) is 0. The van der Waals surface area contributed by atoms with Crippen LogP contribution in [0, 0.1) is 0 Å². The van der Waals surface area contributed by atoms with E-state index in [0.29, 0.717) is 35.6 Å². The van der Waals surface area contributed by atoms with Crippen molar-refractivity contribution in [1.82, 2.24) is 29.8 Å². The molecule has 160 valence electrons. The molecule has 1 aromatic carbocycles. The van der Waals surface area contributed by atoms with E-state index < -0.39 is 0 Å². The van der Waals surface area contributed by atoms with Crippen LogP contribution in [-0.2, 0) is 13.1 Å². The second kappa shape index (κ2) is 8.34. The fourth-order valence-corrected chi connectivity index (χ4v) is 3.34. The Kier molecular flexibility index (Phi) is 5.08. The number of carbonyl (C=O) groups excluding carboxylic acids is 1. The third-order valence-electron chi connectivity index (χ3n) is 4.93. The number of nitrogens with one attached hydrogen (secondary N) is 1. The highest BCUT2D eigenvalue weighted by Crippen LogP contribution is 2.20. The van der Waals surface area contributed by atoms with Crippen LogP contribution in [0.25, 0.3) is 22.6 Å². The summed E-state index contributed by atoms with van der Waals surface area (Å²) < 4.78 is 13.5. The van der Waals surface area contributed by atoms with E-state index >= 15 is 0 Å². The molecule has 0 fully saturated rings. The number of furan rings is 1. The van der Waals surface area contributed by atoms with Gasteiger partial charge in [-0.3, -0.25) is 14.2 Å². The van der Waals surface area contributed by atoms with Crippen molar-refractivity contribution in [3.05, 3.63) is 88.9 Å². The molecule has 0 unspecified atom stereocenters. The van der Waals surface area contributed by atoms with Crippen molar-refractivity contribution in [3.8, 4) is 11.5 Å². The first kappa shape index (κ1) is 19.5. The smallest absolute Gasteiger partial charge is 0.273 e. The topological polar surface area (TPSA) is 121 Å². The molecule has 0 bridgehead atoms. The van der Waals surface area contributed by atoms with Gasteiger partial charge < -0.3 is 14.3 Å². The summed E-state index contributed by atoms with van der Waals surface area (Å²) >= 11 is 0. The Morgan fingerprint density at radius 3 is 2.78 bits per heavy atom. The van der Waals surface area contributed by atoms with Crippen LogP contribution in [0.3, 0.4) is 0 Å². The molecule has 5 aromatic rings. The summed E-state index contributed by atoms with van der Waals surface area (Å²) in [5, 5.41) is 11.2. The number of nitrogens with zero attached hydrogens (tertiary/aromatic N) is 5. The highest BCUT2D eigenvalue weighted by atomic mass is 16.5. The fourth-order valence-electron chi connectivity index (χ4n) is 3.34. The summed E-state index contributed by atoms with van der Waals surface area (Å²) in [5.41, 5.74) is 1.45. The van der Waals surface area contributed by atoms with Crippen LogP contribution in [0.1, 0.15) is 16.1 Å². The monoisotopic (exact) mass is 430 g/mol. The minimum Gasteiger partial charge on any atom is -0.461 e. The molecule has 0 aliphatic carbocycles. The maximum atomic E-state index is 12.8. The minimum atomic E-state index is -0.388. The molecule has 1 N–H and O–H groups in total. The highest BCUT2D eigenvalue weighted by Gasteiger charge is 2.15. The SMILES string of the molecule is O=C(NCCn1ncc2c(=O)n(Cc3ccccc3)cnc21)c1cc(-c2ccco2)on1. The van der Waals surface area contributed by atoms with Crippen molar-refractivity contribution in [1.29, 1.82) is 0 Å². The molecule has 32 heavy (non-hydrogen) atoms. The predicted molar refractivity (Wildman–Crippen MR) is 114 cm³/mol. The molecule has 5 rings (SSSR count). The highest BCUT2D eigenvalue weighted by molar-refractivity contribution is 5.92. The van der Waals surface area contributed by atoms with Gasteiger partial charge in [0.05, 0.1) is 25.5 Å². The van der Waals surface area contributed by atoms with Crippen LogP contribution < -0.4 is 10.9 Å². The van der Waals surface area contributed by atoms with Gasteiger partial charge in [0, 0.05) is 12.6 Å². The third kappa shape index (κ3) is 3.81. The zero-order chi connectivity index (χ0) is 21.9. The zero-order valence-electron chi connectivity index (χ0n) is 16.8. The molecule has 0 aliphatic rings. The molecular weight excluding hydrogens is 412 g/mol. The van der Waals surface area contributed by atoms with Gasteiger partial charge in [0.25, 0.3) is 11.5 Å². The second-order valence-electron chi connectivity index (χ2n) is 7.08. The van der Waals surface area contributed by atoms with Gasteiger partial charge >= 0.3 is 0 Å². The molecule has 4 heterocycles. The first-order valence-corrected chi connectivity index (χ1v) is 9.93. The Bertz CT molecular complexity index is 1420. The van der Waals surface area contributed by atoms with E-state index in [2.05, 4.69) is 20.6 Å². The molecule has 1 amide bonds. The number of benzene rings is 1. The summed E-state index contributed by atoms with van der Waals surface area (Å²) in [6, 6.07) is 14.6. The van der Waals surface area contributed by atoms with E-state index in [-0.39, 0.29) is 23.7 Å². The number of rotatable bonds is 7. The molecule has 10 nitrogen and oxygen atoms in total. The number of amides is 1. The van der Waals surface area contributed by atoms with Gasteiger partial charge in [0.2, 0.25) is 5.76 Å². The Balaban J connectivity index is 1.24. The fraction of sp³-hybridized carbons (Fsp3) is 0.136. The normalized spacial score (nSPS) is 11.1. The lowest BCUT2D eigenvalue weighted by molar-refractivity contribution is 0.0943. The predicted octanol–water partition coefficient (Wildman–Crippen LogP) is 2.32. The molecule has 0 saturated carbocycles. The van der Waals surface area contributed by atoms with Crippen molar-refractivity contribution >= 4 is 16.9 Å². The van der Waals surface area contributed by atoms with E-state index in [1.54, 1.807) is 21.4 Å². The second-order valence-corrected chi connectivity index (χ2v) is 7.08. The van der Waals surface area contributed by atoms with Crippen LogP contribution >= 0.6 is 0 Å². The van der Waals surface area contributed by atoms with Gasteiger partial charge in [0.15, 0.2) is 17.1 Å². The van der Waals surface area contributed by atoms with E-state index in [9.17, 15) is 9.59 Å². The van der Waals surface area contributed by atoms with Crippen molar-refractivity contribution in [2.24, 2.45) is 0 Å². The lowest BCUT2D eigenvalue weighted by Gasteiger charge is -2.07. The van der Waals surface area contributed by atoms with E-state index in [0.717, 1.165) is 5.56 Å². The Labute approximate surface area is 181 Å². The van der Waals surface area contributed by atoms with Gasteiger partial charge in [-0.1, -0.05) is 35.5 Å². The van der Waals surface area contributed by atoms with Crippen LogP contribution in [0.4, 0.5) is 0 Å². The zero-order valence-corrected chi connectivity index (χ0v) is 16.8. The van der Waals surface area contributed by atoms with E-state index in [1.165, 1.54) is 24.9 Å². The molecule has 0 radical (unpaired) electrons. The van der Waals surface area contributed by atoms with Crippen molar-refractivity contribution < 1.29 is 13.7 Å². The van der Waals surface area contributed by atoms with Crippen LogP contribution in [-0.4, -0.2) is 36.9 Å². The summed E-state index contributed by atoms with van der Waals surface area (Å²) in [4.78, 5) is 29.5. The minimum absolute atomic E-state index is 0.142. The summed E-state index contributed by atoms with van der Waals surface area (Å²) in [6.07, 6.45) is 4.53. The standard InChI is InChI=1S/C22H18N6O4/c29-21(17-11-19(32-26-17)18-7-4-10-31-18)23-8-9-28-20-16(12-25-28)22(30)27(14-24-20)13-15-5-2-1-3-6-15/h1-7,10-12,14H,8-9,13H2,(H,23,29). The van der Waals surface area contributed by atoms with Gasteiger partial charge in [-0.15, -0.1) is 0 Å². The summed E-state index contributed by atoms with van der Waals surface area (Å²) in [6.45, 7) is 1.04.